The lowest BCUT2D eigenvalue weighted by Crippen LogP contribution is -2.45. The standard InChI is InChI=1S/C28H38N4O/c1-33-25-12-9-21(10-13-25)20-29-23-11-14-26-27(19-23)31-28(30-26)22-15-17-32(18-16-22)24-7-5-3-2-4-6-8-24/h9-14,19-20,22,24,28,30-31H,2-8,15-18H2,1H3. The number of methoxy groups -OCH3 is 1. The van der Waals surface area contributed by atoms with E-state index in [-0.39, 0.29) is 0 Å². The maximum Gasteiger partial charge on any atom is 0.118 e. The number of aliphatic imine (C=N–C) groups is 1. The molecule has 0 bridgehead atoms. The molecule has 5 heteroatoms. The Morgan fingerprint density at radius 1 is 0.848 bits per heavy atom. The zero-order valence-corrected chi connectivity index (χ0v) is 19.9. The summed E-state index contributed by atoms with van der Waals surface area (Å²) in [6.45, 7) is 2.51. The van der Waals surface area contributed by atoms with Crippen molar-refractivity contribution in [2.75, 3.05) is 30.8 Å². The molecule has 176 valence electrons. The number of piperidine rings is 1. The topological polar surface area (TPSA) is 48.9 Å². The summed E-state index contributed by atoms with van der Waals surface area (Å²) in [5.74, 6) is 1.54. The molecular weight excluding hydrogens is 408 g/mol. The maximum atomic E-state index is 5.23. The summed E-state index contributed by atoms with van der Waals surface area (Å²) in [6.07, 6.45) is 14.8. The van der Waals surface area contributed by atoms with Crippen molar-refractivity contribution in [2.24, 2.45) is 10.9 Å². The summed E-state index contributed by atoms with van der Waals surface area (Å²) in [5.41, 5.74) is 4.41. The Kier molecular flexibility index (Phi) is 7.15. The lowest BCUT2D eigenvalue weighted by atomic mass is 9.90. The molecule has 5 rings (SSSR count). The van der Waals surface area contributed by atoms with Gasteiger partial charge >= 0.3 is 0 Å². The Morgan fingerprint density at radius 2 is 1.55 bits per heavy atom. The van der Waals surface area contributed by atoms with Crippen LogP contribution in [-0.2, 0) is 0 Å². The number of nitrogens with zero attached hydrogens (tertiary/aromatic N) is 2. The number of hydrogen-bond acceptors (Lipinski definition) is 5. The molecule has 2 aromatic carbocycles. The van der Waals surface area contributed by atoms with Gasteiger partial charge < -0.3 is 20.3 Å². The highest BCUT2D eigenvalue weighted by Gasteiger charge is 2.32. The molecule has 2 N–H and O–H groups in total. The highest BCUT2D eigenvalue weighted by Crippen LogP contribution is 2.37. The van der Waals surface area contributed by atoms with Crippen molar-refractivity contribution in [3.05, 3.63) is 48.0 Å². The van der Waals surface area contributed by atoms with Gasteiger partial charge in [0.25, 0.3) is 0 Å². The fourth-order valence-electron chi connectivity index (χ4n) is 5.72. The number of nitrogens with one attached hydrogen (secondary N) is 2. The van der Waals surface area contributed by atoms with Gasteiger partial charge in [0, 0.05) is 12.3 Å². The fraction of sp³-hybridized carbons (Fsp3) is 0.536. The number of benzene rings is 2. The molecule has 2 heterocycles. The molecule has 1 aliphatic carbocycles. The van der Waals surface area contributed by atoms with Crippen LogP contribution in [0.5, 0.6) is 5.75 Å². The van der Waals surface area contributed by atoms with Crippen molar-refractivity contribution in [2.45, 2.75) is 70.0 Å². The van der Waals surface area contributed by atoms with Gasteiger partial charge in [-0.15, -0.1) is 0 Å². The number of anilines is 2. The Balaban J connectivity index is 1.15. The normalized spacial score (nSPS) is 22.9. The van der Waals surface area contributed by atoms with Crippen LogP contribution >= 0.6 is 0 Å². The van der Waals surface area contributed by atoms with Gasteiger partial charge in [0.15, 0.2) is 0 Å². The third-order valence-electron chi connectivity index (χ3n) is 7.74. The second-order valence-corrected chi connectivity index (χ2v) is 9.90. The van der Waals surface area contributed by atoms with Crippen LogP contribution in [0.2, 0.25) is 0 Å². The van der Waals surface area contributed by atoms with Crippen molar-refractivity contribution in [1.82, 2.24) is 4.90 Å². The molecule has 1 unspecified atom stereocenters. The Morgan fingerprint density at radius 3 is 2.27 bits per heavy atom. The first kappa shape index (κ1) is 22.3. The SMILES string of the molecule is COc1ccc(C=Nc2ccc3c(c2)NC(C2CCN(C4CCCCCCC4)CC2)N3)cc1. The quantitative estimate of drug-likeness (QED) is 0.519. The van der Waals surface area contributed by atoms with Gasteiger partial charge in [0.1, 0.15) is 5.75 Å². The minimum atomic E-state index is 0.334. The molecule has 33 heavy (non-hydrogen) atoms. The van der Waals surface area contributed by atoms with E-state index in [1.807, 2.05) is 30.5 Å². The average molecular weight is 447 g/mol. The highest BCUT2D eigenvalue weighted by atomic mass is 16.5. The number of ether oxygens (including phenoxy) is 1. The minimum absolute atomic E-state index is 0.334. The third kappa shape index (κ3) is 5.52. The van der Waals surface area contributed by atoms with Crippen LogP contribution in [0.1, 0.15) is 63.4 Å². The van der Waals surface area contributed by atoms with Gasteiger partial charge in [0.05, 0.1) is 30.3 Å². The van der Waals surface area contributed by atoms with Crippen LogP contribution in [0, 0.1) is 5.92 Å². The number of hydrogen-bond donors (Lipinski definition) is 2. The summed E-state index contributed by atoms with van der Waals surface area (Å²) in [7, 11) is 1.68. The second kappa shape index (κ2) is 10.6. The predicted octanol–water partition coefficient (Wildman–Crippen LogP) is 6.43. The molecule has 1 atom stereocenters. The largest absolute Gasteiger partial charge is 0.497 e. The number of fused-ring (bicyclic) bond motifs is 1. The molecular formula is C28H38N4O. The fourth-order valence-corrected chi connectivity index (χ4v) is 5.72. The summed E-state index contributed by atoms with van der Waals surface area (Å²) in [5, 5.41) is 7.49. The van der Waals surface area contributed by atoms with E-state index in [0.717, 1.165) is 23.0 Å². The number of rotatable bonds is 5. The summed E-state index contributed by atoms with van der Waals surface area (Å²) >= 11 is 0. The molecule has 0 spiro atoms. The zero-order valence-electron chi connectivity index (χ0n) is 19.9. The lowest BCUT2D eigenvalue weighted by molar-refractivity contribution is 0.110. The lowest BCUT2D eigenvalue weighted by Gasteiger charge is -2.40. The molecule has 1 saturated carbocycles. The summed E-state index contributed by atoms with van der Waals surface area (Å²) < 4.78 is 5.23. The van der Waals surface area contributed by atoms with Crippen molar-refractivity contribution < 1.29 is 4.74 Å². The van der Waals surface area contributed by atoms with Gasteiger partial charge in [-0.2, -0.15) is 0 Å². The van der Waals surface area contributed by atoms with Crippen LogP contribution in [0.25, 0.3) is 0 Å². The Hall–Kier alpha value is -2.53. The number of likely N-dealkylation sites (tertiary alicyclic amines) is 1. The third-order valence-corrected chi connectivity index (χ3v) is 7.74. The average Bonchev–Trinajstić information content (AvgIpc) is 3.27. The van der Waals surface area contributed by atoms with E-state index < -0.39 is 0 Å². The van der Waals surface area contributed by atoms with E-state index in [4.69, 9.17) is 4.74 Å². The monoisotopic (exact) mass is 446 g/mol. The summed E-state index contributed by atoms with van der Waals surface area (Å²) in [4.78, 5) is 7.48. The van der Waals surface area contributed by atoms with Gasteiger partial charge in [-0.25, -0.2) is 0 Å². The van der Waals surface area contributed by atoms with Gasteiger partial charge in [-0.1, -0.05) is 32.1 Å². The van der Waals surface area contributed by atoms with Crippen molar-refractivity contribution in [1.29, 1.82) is 0 Å². The molecule has 1 saturated heterocycles. The van der Waals surface area contributed by atoms with E-state index in [9.17, 15) is 0 Å². The van der Waals surface area contributed by atoms with E-state index in [1.165, 1.54) is 82.3 Å². The molecule has 0 aromatic heterocycles. The van der Waals surface area contributed by atoms with E-state index >= 15 is 0 Å². The van der Waals surface area contributed by atoms with Crippen LogP contribution in [-0.4, -0.2) is 43.5 Å². The van der Waals surface area contributed by atoms with Crippen LogP contribution in [0.4, 0.5) is 17.1 Å². The second-order valence-electron chi connectivity index (χ2n) is 9.90. The highest BCUT2D eigenvalue weighted by molar-refractivity contribution is 5.84. The van der Waals surface area contributed by atoms with Gasteiger partial charge in [-0.3, -0.25) is 4.99 Å². The summed E-state index contributed by atoms with van der Waals surface area (Å²) in [6, 6.07) is 15.2. The first-order valence-corrected chi connectivity index (χ1v) is 12.9. The van der Waals surface area contributed by atoms with Crippen LogP contribution in [0.15, 0.2) is 47.5 Å². The zero-order chi connectivity index (χ0) is 22.5. The first-order valence-electron chi connectivity index (χ1n) is 12.9. The molecule has 3 aliphatic rings. The van der Waals surface area contributed by atoms with Crippen LogP contribution in [0.3, 0.4) is 0 Å². The van der Waals surface area contributed by atoms with Crippen molar-refractivity contribution in [3.8, 4) is 5.75 Å². The Labute approximate surface area is 198 Å². The van der Waals surface area contributed by atoms with Crippen LogP contribution < -0.4 is 15.4 Å². The van der Waals surface area contributed by atoms with Crippen molar-refractivity contribution in [3.63, 3.8) is 0 Å². The molecule has 0 radical (unpaired) electrons. The predicted molar refractivity (Wildman–Crippen MR) is 138 cm³/mol. The van der Waals surface area contributed by atoms with E-state index in [2.05, 4.69) is 38.7 Å². The molecule has 2 fully saturated rings. The van der Waals surface area contributed by atoms with E-state index in [1.54, 1.807) is 7.11 Å². The minimum Gasteiger partial charge on any atom is -0.497 e. The Bertz CT molecular complexity index is 925. The molecule has 2 aliphatic heterocycles. The first-order chi connectivity index (χ1) is 16.3. The molecule has 5 nitrogen and oxygen atoms in total. The van der Waals surface area contributed by atoms with E-state index in [0.29, 0.717) is 12.1 Å². The smallest absolute Gasteiger partial charge is 0.118 e. The van der Waals surface area contributed by atoms with Gasteiger partial charge in [-0.05, 0) is 92.7 Å². The maximum absolute atomic E-state index is 5.23. The van der Waals surface area contributed by atoms with Crippen molar-refractivity contribution >= 4 is 23.3 Å². The van der Waals surface area contributed by atoms with Gasteiger partial charge in [0.2, 0.25) is 0 Å². The molecule has 0 amide bonds. The molecule has 2 aromatic rings.